The number of fused-ring (bicyclic) bond motifs is 3. The summed E-state index contributed by atoms with van der Waals surface area (Å²) in [5.74, 6) is -0.0490. The van der Waals surface area contributed by atoms with Gasteiger partial charge in [-0.15, -0.1) is 0 Å². The van der Waals surface area contributed by atoms with Crippen LogP contribution in [0.5, 0.6) is 0 Å². The van der Waals surface area contributed by atoms with Crippen LogP contribution >= 0.6 is 11.6 Å². The number of aromatic nitrogens is 2. The second-order valence-corrected chi connectivity index (χ2v) is 8.96. The molecule has 7 heteroatoms. The minimum Gasteiger partial charge on any atom is -0.331 e. The first-order valence-corrected chi connectivity index (χ1v) is 11.2. The largest absolute Gasteiger partial charge is 0.331 e. The summed E-state index contributed by atoms with van der Waals surface area (Å²) >= 11 is 6.20. The zero-order valence-corrected chi connectivity index (χ0v) is 17.6. The molecule has 4 aromatic rings. The number of imidazole rings is 1. The zero-order valence-electron chi connectivity index (χ0n) is 16.0. The topological polar surface area (TPSA) is 55.2 Å². The van der Waals surface area contributed by atoms with Crippen molar-refractivity contribution in [1.29, 1.82) is 0 Å². The van der Waals surface area contributed by atoms with E-state index in [1.807, 2.05) is 48.8 Å². The van der Waals surface area contributed by atoms with Gasteiger partial charge in [-0.2, -0.15) is 0 Å². The average molecular weight is 436 g/mol. The van der Waals surface area contributed by atoms with Crippen molar-refractivity contribution in [1.82, 2.24) is 9.55 Å². The molecule has 5 nitrogen and oxygen atoms in total. The number of aryl methyl sites for hydroxylation is 1. The minimum atomic E-state index is -1.35. The van der Waals surface area contributed by atoms with E-state index >= 15 is 0 Å². The van der Waals surface area contributed by atoms with E-state index in [-0.39, 0.29) is 5.91 Å². The highest BCUT2D eigenvalue weighted by Crippen LogP contribution is 2.43. The standard InChI is InChI=1S/C23H18ClN3O2S/c24-16-11-12-22-20(14-16)27(19-8-3-4-9-21(19)30(22)29)23(28)10-5-13-26-15-25-17-6-1-2-7-18(17)26/h1-4,6-9,11-12,14-15H,5,10,13H2. The molecule has 1 atom stereocenters. The average Bonchev–Trinajstić information content (AvgIpc) is 3.17. The van der Waals surface area contributed by atoms with Crippen LogP contribution in [0.2, 0.25) is 5.02 Å². The molecule has 1 amide bonds. The first-order valence-electron chi connectivity index (χ1n) is 9.66. The van der Waals surface area contributed by atoms with Crippen molar-refractivity contribution < 1.29 is 9.00 Å². The fourth-order valence-corrected chi connectivity index (χ4v) is 5.33. The van der Waals surface area contributed by atoms with Gasteiger partial charge in [0.2, 0.25) is 5.91 Å². The summed E-state index contributed by atoms with van der Waals surface area (Å²) in [5, 5.41) is 0.507. The molecule has 1 unspecified atom stereocenters. The molecule has 0 spiro atoms. The number of para-hydroxylation sites is 3. The number of anilines is 2. The fourth-order valence-electron chi connectivity index (χ4n) is 3.84. The van der Waals surface area contributed by atoms with E-state index < -0.39 is 10.8 Å². The van der Waals surface area contributed by atoms with Crippen LogP contribution in [0.1, 0.15) is 12.8 Å². The number of benzene rings is 3. The Bertz CT molecular complexity index is 1300. The third-order valence-electron chi connectivity index (χ3n) is 5.23. The summed E-state index contributed by atoms with van der Waals surface area (Å²) in [6, 6.07) is 20.4. The second-order valence-electron chi connectivity index (χ2n) is 7.11. The number of hydrogen-bond donors (Lipinski definition) is 0. The van der Waals surface area contributed by atoms with Crippen molar-refractivity contribution in [3.05, 3.63) is 78.1 Å². The van der Waals surface area contributed by atoms with Crippen LogP contribution < -0.4 is 4.90 Å². The Hall–Kier alpha value is -2.96. The van der Waals surface area contributed by atoms with E-state index in [4.69, 9.17) is 11.6 Å². The number of nitrogens with zero attached hydrogens (tertiary/aromatic N) is 3. The van der Waals surface area contributed by atoms with E-state index in [1.54, 1.807) is 29.2 Å². The molecule has 1 aromatic heterocycles. The second kappa shape index (κ2) is 7.70. The third-order valence-corrected chi connectivity index (χ3v) is 6.96. The molecule has 150 valence electrons. The van der Waals surface area contributed by atoms with Gasteiger partial charge in [0.25, 0.3) is 0 Å². The molecular weight excluding hydrogens is 418 g/mol. The summed E-state index contributed by atoms with van der Waals surface area (Å²) in [4.78, 5) is 20.6. The molecule has 0 aliphatic carbocycles. The normalized spacial score (nSPS) is 15.1. The SMILES string of the molecule is O=C(CCCn1cnc2ccccc21)N1c2ccccc2S(=O)c2ccc(Cl)cc21. The number of carbonyl (C=O) groups excluding carboxylic acids is 1. The Morgan fingerprint density at radius 1 is 0.967 bits per heavy atom. The van der Waals surface area contributed by atoms with Crippen LogP contribution in [0.25, 0.3) is 11.0 Å². The lowest BCUT2D eigenvalue weighted by Crippen LogP contribution is -2.30. The first-order chi connectivity index (χ1) is 14.6. The maximum Gasteiger partial charge on any atom is 0.231 e. The van der Waals surface area contributed by atoms with Crippen molar-refractivity contribution >= 4 is 50.7 Å². The Morgan fingerprint density at radius 2 is 1.73 bits per heavy atom. The minimum absolute atomic E-state index is 0.0490. The van der Waals surface area contributed by atoms with E-state index in [1.165, 1.54) is 0 Å². The van der Waals surface area contributed by atoms with E-state index in [9.17, 15) is 9.00 Å². The van der Waals surface area contributed by atoms with Gasteiger partial charge in [0.05, 0.1) is 49.3 Å². The maximum absolute atomic E-state index is 13.3. The molecule has 30 heavy (non-hydrogen) atoms. The third kappa shape index (κ3) is 3.22. The van der Waals surface area contributed by atoms with Crippen molar-refractivity contribution in [3.63, 3.8) is 0 Å². The van der Waals surface area contributed by atoms with Crippen molar-refractivity contribution in [2.75, 3.05) is 4.90 Å². The van der Waals surface area contributed by atoms with Gasteiger partial charge in [-0.3, -0.25) is 9.69 Å². The molecule has 1 aliphatic rings. The smallest absolute Gasteiger partial charge is 0.231 e. The Labute approximate surface area is 181 Å². The molecule has 0 N–H and O–H groups in total. The van der Waals surface area contributed by atoms with Gasteiger partial charge in [0.1, 0.15) is 0 Å². The van der Waals surface area contributed by atoms with Crippen molar-refractivity contribution in [3.8, 4) is 0 Å². The van der Waals surface area contributed by atoms with Gasteiger partial charge in [-0.25, -0.2) is 9.19 Å². The highest BCUT2D eigenvalue weighted by molar-refractivity contribution is 7.85. The molecule has 5 rings (SSSR count). The quantitative estimate of drug-likeness (QED) is 0.436. The highest BCUT2D eigenvalue weighted by Gasteiger charge is 2.31. The van der Waals surface area contributed by atoms with Crippen LogP contribution in [0.4, 0.5) is 11.4 Å². The molecule has 2 heterocycles. The fraction of sp³-hybridized carbons (Fsp3) is 0.130. The zero-order chi connectivity index (χ0) is 20.7. The van der Waals surface area contributed by atoms with Crippen LogP contribution in [0.3, 0.4) is 0 Å². The van der Waals surface area contributed by atoms with Crippen LogP contribution in [0.15, 0.2) is 82.8 Å². The highest BCUT2D eigenvalue weighted by atomic mass is 35.5. The van der Waals surface area contributed by atoms with E-state index in [0.29, 0.717) is 45.6 Å². The molecule has 0 bridgehead atoms. The molecule has 0 saturated carbocycles. The van der Waals surface area contributed by atoms with Crippen LogP contribution in [0, 0.1) is 0 Å². The Morgan fingerprint density at radius 3 is 2.63 bits per heavy atom. The van der Waals surface area contributed by atoms with E-state index in [2.05, 4.69) is 9.55 Å². The number of hydrogen-bond acceptors (Lipinski definition) is 3. The predicted molar refractivity (Wildman–Crippen MR) is 119 cm³/mol. The lowest BCUT2D eigenvalue weighted by atomic mass is 10.2. The molecule has 1 aliphatic heterocycles. The summed E-state index contributed by atoms with van der Waals surface area (Å²) in [6.45, 7) is 0.691. The van der Waals surface area contributed by atoms with Gasteiger partial charge in [-0.05, 0) is 48.9 Å². The van der Waals surface area contributed by atoms with Gasteiger partial charge in [0, 0.05) is 18.0 Å². The van der Waals surface area contributed by atoms with Crippen molar-refractivity contribution in [2.45, 2.75) is 29.2 Å². The van der Waals surface area contributed by atoms with Crippen LogP contribution in [-0.2, 0) is 22.1 Å². The summed E-state index contributed by atoms with van der Waals surface area (Å²) in [6.07, 6.45) is 2.82. The first kappa shape index (κ1) is 19.0. The van der Waals surface area contributed by atoms with Crippen LogP contribution in [-0.4, -0.2) is 19.7 Å². The Kier molecular flexibility index (Phi) is 4.89. The van der Waals surface area contributed by atoms with E-state index in [0.717, 1.165) is 11.0 Å². The number of amides is 1. The van der Waals surface area contributed by atoms with Crippen molar-refractivity contribution in [2.24, 2.45) is 0 Å². The summed E-state index contributed by atoms with van der Waals surface area (Å²) < 4.78 is 15.1. The van der Waals surface area contributed by atoms with Gasteiger partial charge < -0.3 is 4.57 Å². The summed E-state index contributed by atoms with van der Waals surface area (Å²) in [5.41, 5.74) is 3.25. The molecule has 3 aromatic carbocycles. The Balaban J connectivity index is 1.42. The van der Waals surface area contributed by atoms with Gasteiger partial charge >= 0.3 is 0 Å². The monoisotopic (exact) mass is 435 g/mol. The number of halogens is 1. The summed E-state index contributed by atoms with van der Waals surface area (Å²) in [7, 11) is -1.35. The number of carbonyl (C=O) groups is 1. The van der Waals surface area contributed by atoms with Gasteiger partial charge in [0.15, 0.2) is 0 Å². The maximum atomic E-state index is 13.3. The van der Waals surface area contributed by atoms with Gasteiger partial charge in [-0.1, -0.05) is 35.9 Å². The molecule has 0 radical (unpaired) electrons. The number of rotatable bonds is 4. The lowest BCUT2D eigenvalue weighted by Gasteiger charge is -2.31. The lowest BCUT2D eigenvalue weighted by molar-refractivity contribution is -0.118. The molecule has 0 fully saturated rings. The predicted octanol–water partition coefficient (Wildman–Crippen LogP) is 5.31. The molecular formula is C23H18ClN3O2S. The molecule has 0 saturated heterocycles.